The van der Waals surface area contributed by atoms with Crippen molar-refractivity contribution in [2.75, 3.05) is 6.61 Å². The summed E-state index contributed by atoms with van der Waals surface area (Å²) in [4.78, 5) is 0. The van der Waals surface area contributed by atoms with Crippen molar-refractivity contribution in [3.8, 4) is 11.8 Å². The maximum Gasteiger partial charge on any atom is 0.261 e. The zero-order valence-electron chi connectivity index (χ0n) is 22.3. The molecule has 2 rings (SSSR count). The number of rotatable bonds is 9. The highest BCUT2D eigenvalue weighted by Crippen LogP contribution is 2.39. The summed E-state index contributed by atoms with van der Waals surface area (Å²) in [5.74, 6) is 6.39. The van der Waals surface area contributed by atoms with Gasteiger partial charge in [0.1, 0.15) is 0 Å². The van der Waals surface area contributed by atoms with Crippen LogP contribution in [0.1, 0.15) is 61.3 Å². The normalized spacial score (nSPS) is 13.8. The van der Waals surface area contributed by atoms with Gasteiger partial charge in [0.15, 0.2) is 8.32 Å². The van der Waals surface area contributed by atoms with Crippen LogP contribution in [0.5, 0.6) is 0 Å². The fourth-order valence-corrected chi connectivity index (χ4v) is 9.80. The van der Waals surface area contributed by atoms with Crippen LogP contribution in [-0.2, 0) is 8.85 Å². The molecule has 0 aliphatic rings. The first-order valence-corrected chi connectivity index (χ1v) is 17.0. The van der Waals surface area contributed by atoms with E-state index in [9.17, 15) is 0 Å². The van der Waals surface area contributed by atoms with Gasteiger partial charge in [-0.2, -0.15) is 0 Å². The molecule has 0 saturated heterocycles. The van der Waals surface area contributed by atoms with Crippen molar-refractivity contribution >= 4 is 27.0 Å². The summed E-state index contributed by atoms with van der Waals surface area (Å²) >= 11 is 0. The molecule has 0 spiro atoms. The Morgan fingerprint density at radius 2 is 1.27 bits per heavy atom. The first kappa shape index (κ1) is 27.6. The molecule has 2 aromatic carbocycles. The van der Waals surface area contributed by atoms with Crippen LogP contribution < -0.4 is 10.4 Å². The fraction of sp³-hybridized carbons (Fsp3) is 0.517. The van der Waals surface area contributed by atoms with E-state index in [0.717, 1.165) is 12.8 Å². The predicted octanol–water partition coefficient (Wildman–Crippen LogP) is 6.76. The summed E-state index contributed by atoms with van der Waals surface area (Å²) in [6.07, 6.45) is 1.60. The second kappa shape index (κ2) is 11.2. The first-order valence-electron chi connectivity index (χ1n) is 12.2. The first-order chi connectivity index (χ1) is 15.3. The molecule has 0 aromatic heterocycles. The van der Waals surface area contributed by atoms with Gasteiger partial charge in [-0.3, -0.25) is 0 Å². The van der Waals surface area contributed by atoms with Crippen molar-refractivity contribution in [3.63, 3.8) is 0 Å². The fourth-order valence-electron chi connectivity index (χ4n) is 4.02. The van der Waals surface area contributed by atoms with Crippen molar-refractivity contribution in [2.45, 2.75) is 90.6 Å². The van der Waals surface area contributed by atoms with Gasteiger partial charge in [0, 0.05) is 13.0 Å². The molecule has 180 valence electrons. The van der Waals surface area contributed by atoms with E-state index in [1.807, 2.05) is 6.92 Å². The molecular formula is C29H44O2Si2. The Morgan fingerprint density at radius 3 is 1.67 bits per heavy atom. The third-order valence-corrected chi connectivity index (χ3v) is 16.6. The van der Waals surface area contributed by atoms with Crippen LogP contribution in [0.3, 0.4) is 0 Å². The molecule has 0 aliphatic heterocycles. The quantitative estimate of drug-likeness (QED) is 0.292. The molecule has 0 saturated carbocycles. The van der Waals surface area contributed by atoms with E-state index >= 15 is 0 Å². The molecular weight excluding hydrogens is 436 g/mol. The predicted molar refractivity (Wildman–Crippen MR) is 148 cm³/mol. The van der Waals surface area contributed by atoms with E-state index in [1.165, 1.54) is 10.4 Å². The van der Waals surface area contributed by atoms with Crippen molar-refractivity contribution in [2.24, 2.45) is 0 Å². The van der Waals surface area contributed by atoms with Crippen molar-refractivity contribution < 1.29 is 8.85 Å². The Bertz CT molecular complexity index is 874. The van der Waals surface area contributed by atoms with Gasteiger partial charge < -0.3 is 8.85 Å². The van der Waals surface area contributed by atoms with Gasteiger partial charge in [0.25, 0.3) is 8.32 Å². The molecule has 0 fully saturated rings. The third-order valence-electron chi connectivity index (χ3n) is 6.98. The highest BCUT2D eigenvalue weighted by Gasteiger charge is 2.51. The van der Waals surface area contributed by atoms with Gasteiger partial charge in [-0.05, 0) is 46.9 Å². The van der Waals surface area contributed by atoms with Crippen molar-refractivity contribution in [1.29, 1.82) is 0 Å². The maximum atomic E-state index is 7.35. The average molecular weight is 481 g/mol. The van der Waals surface area contributed by atoms with Gasteiger partial charge in [0.05, 0.1) is 6.10 Å². The SMILES string of the molecule is CC#CC[C@H](CCO[Si](C)(C)C(C)(C)C)O[Si](c1ccccc1)(c1ccccc1)C(C)(C)C. The lowest BCUT2D eigenvalue weighted by Gasteiger charge is -2.45. The number of hydrogen-bond acceptors (Lipinski definition) is 2. The van der Waals surface area contributed by atoms with Crippen LogP contribution in [0.15, 0.2) is 60.7 Å². The Balaban J connectivity index is 2.47. The van der Waals surface area contributed by atoms with E-state index in [-0.39, 0.29) is 16.2 Å². The number of hydrogen-bond donors (Lipinski definition) is 0. The van der Waals surface area contributed by atoms with E-state index in [2.05, 4.69) is 127 Å². The lowest BCUT2D eigenvalue weighted by molar-refractivity contribution is 0.150. The lowest BCUT2D eigenvalue weighted by Crippen LogP contribution is -2.67. The standard InChI is InChI=1S/C29H44O2Si2/c1-10-11-18-25(23-24-30-32(8,9)28(2,3)4)31-33(29(5,6)7,26-19-14-12-15-20-26)27-21-16-13-17-22-27/h12-17,19-22,25H,18,23-24H2,1-9H3/t25-/m1/s1. The summed E-state index contributed by atoms with van der Waals surface area (Å²) in [5, 5.41) is 2.77. The van der Waals surface area contributed by atoms with Gasteiger partial charge in [0.2, 0.25) is 0 Å². The second-order valence-corrected chi connectivity index (χ2v) is 20.5. The van der Waals surface area contributed by atoms with Crippen LogP contribution >= 0.6 is 0 Å². The summed E-state index contributed by atoms with van der Waals surface area (Å²) in [7, 11) is -4.41. The van der Waals surface area contributed by atoms with Crippen molar-refractivity contribution in [1.82, 2.24) is 0 Å². The summed E-state index contributed by atoms with van der Waals surface area (Å²) < 4.78 is 13.9. The molecule has 33 heavy (non-hydrogen) atoms. The molecule has 0 unspecified atom stereocenters. The maximum absolute atomic E-state index is 7.35. The smallest absolute Gasteiger partial charge is 0.261 e. The Kier molecular flexibility index (Phi) is 9.35. The van der Waals surface area contributed by atoms with Crippen LogP contribution in [-0.4, -0.2) is 29.3 Å². The molecule has 2 aromatic rings. The Labute approximate surface area is 205 Å². The summed E-state index contributed by atoms with van der Waals surface area (Å²) in [6.45, 7) is 21.1. The van der Waals surface area contributed by atoms with Gasteiger partial charge in [-0.15, -0.1) is 11.8 Å². The van der Waals surface area contributed by atoms with E-state index in [0.29, 0.717) is 6.61 Å². The van der Waals surface area contributed by atoms with Crippen LogP contribution in [0.2, 0.25) is 23.2 Å². The molecule has 0 heterocycles. The Morgan fingerprint density at radius 1 is 0.788 bits per heavy atom. The minimum Gasteiger partial charge on any atom is -0.417 e. The Hall–Kier alpha value is -1.65. The largest absolute Gasteiger partial charge is 0.417 e. The summed E-state index contributed by atoms with van der Waals surface area (Å²) in [5.41, 5.74) is 0. The molecule has 0 radical (unpaired) electrons. The molecule has 1 atom stereocenters. The molecule has 0 aliphatic carbocycles. The zero-order chi connectivity index (χ0) is 24.8. The average Bonchev–Trinajstić information content (AvgIpc) is 2.74. The monoisotopic (exact) mass is 480 g/mol. The third kappa shape index (κ3) is 6.70. The van der Waals surface area contributed by atoms with Crippen LogP contribution in [0.25, 0.3) is 0 Å². The lowest BCUT2D eigenvalue weighted by atomic mass is 10.2. The minimum atomic E-state index is -2.61. The van der Waals surface area contributed by atoms with E-state index in [4.69, 9.17) is 8.85 Å². The topological polar surface area (TPSA) is 18.5 Å². The molecule has 4 heteroatoms. The molecule has 0 N–H and O–H groups in total. The van der Waals surface area contributed by atoms with Gasteiger partial charge in [-0.25, -0.2) is 0 Å². The van der Waals surface area contributed by atoms with E-state index in [1.54, 1.807) is 0 Å². The van der Waals surface area contributed by atoms with Crippen molar-refractivity contribution in [3.05, 3.63) is 60.7 Å². The molecule has 0 amide bonds. The van der Waals surface area contributed by atoms with Crippen LogP contribution in [0, 0.1) is 11.8 Å². The molecule has 2 nitrogen and oxygen atoms in total. The highest BCUT2D eigenvalue weighted by molar-refractivity contribution is 6.99. The van der Waals surface area contributed by atoms with E-state index < -0.39 is 16.6 Å². The van der Waals surface area contributed by atoms with Gasteiger partial charge >= 0.3 is 0 Å². The molecule has 0 bridgehead atoms. The highest BCUT2D eigenvalue weighted by atomic mass is 28.4. The second-order valence-electron chi connectivity index (χ2n) is 11.4. The van der Waals surface area contributed by atoms with Crippen LogP contribution in [0.4, 0.5) is 0 Å². The van der Waals surface area contributed by atoms with Gasteiger partial charge in [-0.1, -0.05) is 102 Å². The number of benzene rings is 2. The zero-order valence-corrected chi connectivity index (χ0v) is 24.3. The summed E-state index contributed by atoms with van der Waals surface area (Å²) in [6, 6.07) is 21.7. The minimum absolute atomic E-state index is 0.0218.